The number of benzene rings is 1. The van der Waals surface area contributed by atoms with E-state index in [2.05, 4.69) is 4.90 Å². The van der Waals surface area contributed by atoms with Gasteiger partial charge in [0.15, 0.2) is 0 Å². The average Bonchev–Trinajstić information content (AvgIpc) is 2.29. The number of hydrogen-bond donors (Lipinski definition) is 1. The molecule has 0 aliphatic carbocycles. The molecule has 0 aliphatic rings. The SMILES string of the molecule is CC(O)CN(Cc1ccc(F)c(C#N)c1)C(C)C. The van der Waals surface area contributed by atoms with E-state index in [0.717, 1.165) is 5.56 Å². The number of hydrogen-bond acceptors (Lipinski definition) is 3. The van der Waals surface area contributed by atoms with E-state index < -0.39 is 11.9 Å². The summed E-state index contributed by atoms with van der Waals surface area (Å²) in [4.78, 5) is 2.08. The zero-order chi connectivity index (χ0) is 13.7. The van der Waals surface area contributed by atoms with Crippen LogP contribution in [0.25, 0.3) is 0 Å². The Morgan fingerprint density at radius 3 is 2.56 bits per heavy atom. The van der Waals surface area contributed by atoms with Crippen LogP contribution in [0.3, 0.4) is 0 Å². The third kappa shape index (κ3) is 4.10. The predicted molar refractivity (Wildman–Crippen MR) is 68.3 cm³/mol. The average molecular weight is 250 g/mol. The van der Waals surface area contributed by atoms with Gasteiger partial charge in [-0.15, -0.1) is 0 Å². The molecule has 0 bridgehead atoms. The van der Waals surface area contributed by atoms with Crippen molar-refractivity contribution in [3.63, 3.8) is 0 Å². The molecule has 0 amide bonds. The van der Waals surface area contributed by atoms with Crippen molar-refractivity contribution in [3.05, 3.63) is 35.1 Å². The van der Waals surface area contributed by atoms with Crippen LogP contribution in [-0.4, -0.2) is 28.7 Å². The molecular formula is C14H19FN2O. The Bertz CT molecular complexity index is 438. The maximum Gasteiger partial charge on any atom is 0.140 e. The minimum absolute atomic E-state index is 0.0632. The fourth-order valence-corrected chi connectivity index (χ4v) is 1.79. The molecule has 1 aromatic carbocycles. The van der Waals surface area contributed by atoms with Crippen LogP contribution in [-0.2, 0) is 6.54 Å². The first-order valence-corrected chi connectivity index (χ1v) is 6.04. The van der Waals surface area contributed by atoms with Crippen LogP contribution in [0.4, 0.5) is 4.39 Å². The Morgan fingerprint density at radius 1 is 1.39 bits per heavy atom. The zero-order valence-electron chi connectivity index (χ0n) is 11.0. The predicted octanol–water partition coefficient (Wildman–Crippen LogP) is 2.29. The molecular weight excluding hydrogens is 231 g/mol. The fraction of sp³-hybridized carbons (Fsp3) is 0.500. The number of aliphatic hydroxyl groups is 1. The van der Waals surface area contributed by atoms with E-state index in [0.29, 0.717) is 13.1 Å². The summed E-state index contributed by atoms with van der Waals surface area (Å²) in [6, 6.07) is 6.66. The molecule has 0 saturated carbocycles. The van der Waals surface area contributed by atoms with Gasteiger partial charge in [-0.25, -0.2) is 4.39 Å². The quantitative estimate of drug-likeness (QED) is 0.872. The van der Waals surface area contributed by atoms with Crippen LogP contribution >= 0.6 is 0 Å². The lowest BCUT2D eigenvalue weighted by molar-refractivity contribution is 0.103. The molecule has 0 saturated heterocycles. The van der Waals surface area contributed by atoms with Crippen molar-refractivity contribution in [3.8, 4) is 6.07 Å². The minimum atomic E-state index is -0.493. The lowest BCUT2D eigenvalue weighted by Gasteiger charge is -2.27. The van der Waals surface area contributed by atoms with Crippen LogP contribution in [0.5, 0.6) is 0 Å². The third-order valence-electron chi connectivity index (χ3n) is 2.77. The maximum atomic E-state index is 13.2. The van der Waals surface area contributed by atoms with Crippen molar-refractivity contribution in [1.29, 1.82) is 5.26 Å². The van der Waals surface area contributed by atoms with Crippen molar-refractivity contribution >= 4 is 0 Å². The van der Waals surface area contributed by atoms with Gasteiger partial charge >= 0.3 is 0 Å². The van der Waals surface area contributed by atoms with Crippen LogP contribution in [0.15, 0.2) is 18.2 Å². The largest absolute Gasteiger partial charge is 0.392 e. The normalized spacial score (nSPS) is 12.8. The monoisotopic (exact) mass is 250 g/mol. The van der Waals surface area contributed by atoms with E-state index in [1.165, 1.54) is 6.07 Å². The van der Waals surface area contributed by atoms with Crippen LogP contribution in [0, 0.1) is 17.1 Å². The number of rotatable bonds is 5. The highest BCUT2D eigenvalue weighted by Crippen LogP contribution is 2.13. The van der Waals surface area contributed by atoms with Crippen molar-refractivity contribution in [1.82, 2.24) is 4.90 Å². The van der Waals surface area contributed by atoms with E-state index in [4.69, 9.17) is 5.26 Å². The summed E-state index contributed by atoms with van der Waals surface area (Å²) >= 11 is 0. The van der Waals surface area contributed by atoms with Gasteiger partial charge in [-0.05, 0) is 38.5 Å². The van der Waals surface area contributed by atoms with Crippen molar-refractivity contribution in [2.75, 3.05) is 6.54 Å². The second kappa shape index (κ2) is 6.48. The van der Waals surface area contributed by atoms with Crippen molar-refractivity contribution in [2.24, 2.45) is 0 Å². The van der Waals surface area contributed by atoms with E-state index in [1.807, 2.05) is 19.9 Å². The van der Waals surface area contributed by atoms with E-state index in [1.54, 1.807) is 19.1 Å². The van der Waals surface area contributed by atoms with Crippen molar-refractivity contribution < 1.29 is 9.50 Å². The molecule has 0 radical (unpaired) electrons. The Kier molecular flexibility index (Phi) is 5.26. The van der Waals surface area contributed by atoms with Gasteiger partial charge in [0.1, 0.15) is 11.9 Å². The molecule has 0 aliphatic heterocycles. The smallest absolute Gasteiger partial charge is 0.140 e. The second-order valence-corrected chi connectivity index (χ2v) is 4.80. The molecule has 0 fully saturated rings. The third-order valence-corrected chi connectivity index (χ3v) is 2.77. The van der Waals surface area contributed by atoms with E-state index in [9.17, 15) is 9.50 Å². The van der Waals surface area contributed by atoms with Crippen LogP contribution in [0.1, 0.15) is 31.9 Å². The molecule has 98 valence electrons. The number of nitriles is 1. The first-order valence-electron chi connectivity index (χ1n) is 6.04. The van der Waals surface area contributed by atoms with Crippen LogP contribution < -0.4 is 0 Å². The summed E-state index contributed by atoms with van der Waals surface area (Å²) in [5.41, 5.74) is 0.940. The second-order valence-electron chi connectivity index (χ2n) is 4.80. The summed E-state index contributed by atoms with van der Waals surface area (Å²) in [6.07, 6.45) is -0.414. The highest BCUT2D eigenvalue weighted by atomic mass is 19.1. The topological polar surface area (TPSA) is 47.3 Å². The lowest BCUT2D eigenvalue weighted by Crippen LogP contribution is -2.36. The fourth-order valence-electron chi connectivity index (χ4n) is 1.79. The molecule has 1 aromatic rings. The highest BCUT2D eigenvalue weighted by molar-refractivity contribution is 5.34. The minimum Gasteiger partial charge on any atom is -0.392 e. The molecule has 0 heterocycles. The molecule has 1 rings (SSSR count). The standard InChI is InChI=1S/C14H19FN2O/c1-10(2)17(8-11(3)18)9-12-4-5-14(15)13(6-12)7-16/h4-6,10-11,18H,8-9H2,1-3H3. The Labute approximate surface area is 107 Å². The summed E-state index contributed by atoms with van der Waals surface area (Å²) in [7, 11) is 0. The summed E-state index contributed by atoms with van der Waals surface area (Å²) in [5.74, 6) is -0.493. The summed E-state index contributed by atoms with van der Waals surface area (Å²) in [6.45, 7) is 6.96. The Balaban J connectivity index is 2.84. The maximum absolute atomic E-state index is 13.2. The molecule has 1 unspecified atom stereocenters. The molecule has 18 heavy (non-hydrogen) atoms. The highest BCUT2D eigenvalue weighted by Gasteiger charge is 2.13. The van der Waals surface area contributed by atoms with Gasteiger partial charge in [-0.2, -0.15) is 5.26 Å². The lowest BCUT2D eigenvalue weighted by atomic mass is 10.1. The van der Waals surface area contributed by atoms with Gasteiger partial charge in [0.05, 0.1) is 11.7 Å². The molecule has 1 atom stereocenters. The summed E-state index contributed by atoms with van der Waals surface area (Å²) in [5, 5.41) is 18.2. The van der Waals surface area contributed by atoms with Gasteiger partial charge in [-0.1, -0.05) is 6.07 Å². The first-order chi connectivity index (χ1) is 8.43. The molecule has 0 aromatic heterocycles. The van der Waals surface area contributed by atoms with E-state index in [-0.39, 0.29) is 11.6 Å². The van der Waals surface area contributed by atoms with Gasteiger partial charge in [-0.3, -0.25) is 4.90 Å². The molecule has 1 N–H and O–H groups in total. The number of nitrogens with zero attached hydrogens (tertiary/aromatic N) is 2. The van der Waals surface area contributed by atoms with Crippen LogP contribution in [0.2, 0.25) is 0 Å². The van der Waals surface area contributed by atoms with Gasteiger partial charge < -0.3 is 5.11 Å². The van der Waals surface area contributed by atoms with Gasteiger partial charge in [0.25, 0.3) is 0 Å². The summed E-state index contributed by atoms with van der Waals surface area (Å²) < 4.78 is 13.2. The number of halogens is 1. The zero-order valence-corrected chi connectivity index (χ0v) is 11.0. The van der Waals surface area contributed by atoms with Gasteiger partial charge in [0, 0.05) is 19.1 Å². The molecule has 4 heteroatoms. The van der Waals surface area contributed by atoms with Gasteiger partial charge in [0.2, 0.25) is 0 Å². The van der Waals surface area contributed by atoms with Crippen molar-refractivity contribution in [2.45, 2.75) is 39.5 Å². The molecule has 0 spiro atoms. The Morgan fingerprint density at radius 2 is 2.06 bits per heavy atom. The first kappa shape index (κ1) is 14.6. The van der Waals surface area contributed by atoms with E-state index >= 15 is 0 Å². The number of aliphatic hydroxyl groups excluding tert-OH is 1. The molecule has 3 nitrogen and oxygen atoms in total. The Hall–Kier alpha value is -1.44.